The molecule has 0 spiro atoms. The lowest BCUT2D eigenvalue weighted by Gasteiger charge is -2.52. The average Bonchev–Trinajstić information content (AvgIpc) is 2.47. The third-order valence-corrected chi connectivity index (χ3v) is 5.71. The molecule has 0 unspecified atom stereocenters. The van der Waals surface area contributed by atoms with Gasteiger partial charge in [0.05, 0.1) is 0 Å². The van der Waals surface area contributed by atoms with Gasteiger partial charge in [-0.15, -0.1) is 0 Å². The molecule has 3 heteroatoms. The van der Waals surface area contributed by atoms with Crippen molar-refractivity contribution in [2.75, 3.05) is 0 Å². The maximum Gasteiger partial charge on any atom is 0.270 e. The number of carbonyl (C=O) groups is 1. The van der Waals surface area contributed by atoms with E-state index in [0.717, 1.165) is 12.8 Å². The van der Waals surface area contributed by atoms with Crippen LogP contribution in [-0.2, 0) is 0 Å². The Kier molecular flexibility index (Phi) is 4.93. The molecule has 0 saturated heterocycles. The summed E-state index contributed by atoms with van der Waals surface area (Å²) in [6.07, 6.45) is 6.16. The lowest BCUT2D eigenvalue weighted by molar-refractivity contribution is -0.0158. The van der Waals surface area contributed by atoms with E-state index >= 15 is 0 Å². The normalized spacial score (nSPS) is 26.0. The van der Waals surface area contributed by atoms with Crippen LogP contribution in [-0.4, -0.2) is 16.9 Å². The Labute approximate surface area is 134 Å². The van der Waals surface area contributed by atoms with E-state index in [0.29, 0.717) is 22.4 Å². The summed E-state index contributed by atoms with van der Waals surface area (Å²) in [6, 6.07) is 5.74. The van der Waals surface area contributed by atoms with Crippen molar-refractivity contribution >= 4 is 5.91 Å². The zero-order valence-electron chi connectivity index (χ0n) is 14.6. The lowest BCUT2D eigenvalue weighted by atomic mass is 9.54. The zero-order chi connectivity index (χ0) is 16.4. The Hall–Kier alpha value is -1.38. The van der Waals surface area contributed by atoms with Gasteiger partial charge in [-0.3, -0.25) is 9.78 Å². The van der Waals surface area contributed by atoms with E-state index in [1.54, 1.807) is 12.3 Å². The topological polar surface area (TPSA) is 42.0 Å². The minimum absolute atomic E-state index is 0.0431. The molecule has 0 atom stereocenters. The molecule has 1 aliphatic carbocycles. The second-order valence-electron chi connectivity index (χ2n) is 8.02. The summed E-state index contributed by atoms with van der Waals surface area (Å²) < 4.78 is 0. The van der Waals surface area contributed by atoms with Crippen LogP contribution < -0.4 is 5.32 Å². The Morgan fingerprint density at radius 1 is 1.27 bits per heavy atom. The summed E-state index contributed by atoms with van der Waals surface area (Å²) in [4.78, 5) is 16.4. The van der Waals surface area contributed by atoms with Gasteiger partial charge in [0.1, 0.15) is 5.69 Å². The number of hydrogen-bond donors (Lipinski definition) is 1. The summed E-state index contributed by atoms with van der Waals surface area (Å²) in [5.41, 5.74) is 1.19. The molecule has 1 N–H and O–H groups in total. The Morgan fingerprint density at radius 3 is 2.36 bits per heavy atom. The average molecular weight is 302 g/mol. The van der Waals surface area contributed by atoms with E-state index in [4.69, 9.17) is 0 Å². The van der Waals surface area contributed by atoms with Crippen LogP contribution in [0.5, 0.6) is 0 Å². The van der Waals surface area contributed by atoms with Gasteiger partial charge < -0.3 is 5.32 Å². The molecule has 0 bridgehead atoms. The van der Waals surface area contributed by atoms with Gasteiger partial charge in [-0.1, -0.05) is 40.7 Å². The Balaban J connectivity index is 1.99. The maximum atomic E-state index is 12.2. The highest BCUT2D eigenvalue weighted by Gasteiger charge is 2.46. The van der Waals surface area contributed by atoms with E-state index < -0.39 is 0 Å². The number of nitrogens with zero attached hydrogens (tertiary/aromatic N) is 1. The van der Waals surface area contributed by atoms with Crippen LogP contribution in [0.15, 0.2) is 24.4 Å². The van der Waals surface area contributed by atoms with Crippen LogP contribution in [0.2, 0.25) is 0 Å². The summed E-state index contributed by atoms with van der Waals surface area (Å²) in [5, 5.41) is 3.16. The van der Waals surface area contributed by atoms with Gasteiger partial charge >= 0.3 is 0 Å². The SMILES string of the molecule is CC(C)C1(C(C)(C)C)CCC(NC(=O)c2ccccn2)CC1. The largest absolute Gasteiger partial charge is 0.348 e. The minimum atomic E-state index is -0.0431. The molecule has 1 aromatic heterocycles. The van der Waals surface area contributed by atoms with Gasteiger partial charge in [-0.05, 0) is 54.6 Å². The maximum absolute atomic E-state index is 12.2. The van der Waals surface area contributed by atoms with E-state index in [9.17, 15) is 4.79 Å². The Morgan fingerprint density at radius 2 is 1.91 bits per heavy atom. The van der Waals surface area contributed by atoms with Gasteiger partial charge in [0, 0.05) is 12.2 Å². The second kappa shape index (κ2) is 6.39. The molecular weight excluding hydrogens is 272 g/mol. The first-order valence-electron chi connectivity index (χ1n) is 8.48. The molecule has 22 heavy (non-hydrogen) atoms. The molecule has 0 radical (unpaired) electrons. The molecular formula is C19H30N2O. The molecule has 1 saturated carbocycles. The number of carbonyl (C=O) groups excluding carboxylic acids is 1. The fourth-order valence-corrected chi connectivity index (χ4v) is 4.23. The van der Waals surface area contributed by atoms with Crippen LogP contribution in [0.4, 0.5) is 0 Å². The molecule has 1 amide bonds. The summed E-state index contributed by atoms with van der Waals surface area (Å²) in [5.74, 6) is 0.623. The molecule has 0 aromatic carbocycles. The Bertz CT molecular complexity index is 494. The number of nitrogens with one attached hydrogen (secondary N) is 1. The first kappa shape index (κ1) is 17.0. The van der Waals surface area contributed by atoms with Crippen LogP contribution >= 0.6 is 0 Å². The number of rotatable bonds is 3. The van der Waals surface area contributed by atoms with Crippen molar-refractivity contribution in [3.05, 3.63) is 30.1 Å². The molecule has 1 fully saturated rings. The van der Waals surface area contributed by atoms with Crippen molar-refractivity contribution in [1.82, 2.24) is 10.3 Å². The van der Waals surface area contributed by atoms with Crippen molar-refractivity contribution in [2.24, 2.45) is 16.7 Å². The number of pyridine rings is 1. The first-order chi connectivity index (χ1) is 10.3. The molecule has 122 valence electrons. The van der Waals surface area contributed by atoms with E-state index in [1.807, 2.05) is 12.1 Å². The van der Waals surface area contributed by atoms with Crippen molar-refractivity contribution in [1.29, 1.82) is 0 Å². The fraction of sp³-hybridized carbons (Fsp3) is 0.684. The number of aromatic nitrogens is 1. The predicted molar refractivity (Wildman–Crippen MR) is 90.7 cm³/mol. The van der Waals surface area contributed by atoms with Crippen molar-refractivity contribution in [3.63, 3.8) is 0 Å². The zero-order valence-corrected chi connectivity index (χ0v) is 14.6. The van der Waals surface area contributed by atoms with Gasteiger partial charge in [0.2, 0.25) is 0 Å². The third kappa shape index (κ3) is 3.34. The van der Waals surface area contributed by atoms with E-state index in [1.165, 1.54) is 12.8 Å². The van der Waals surface area contributed by atoms with Crippen molar-refractivity contribution in [3.8, 4) is 0 Å². The first-order valence-corrected chi connectivity index (χ1v) is 8.48. The molecule has 1 aromatic rings. The number of amides is 1. The van der Waals surface area contributed by atoms with Crippen LogP contribution in [0.25, 0.3) is 0 Å². The van der Waals surface area contributed by atoms with Crippen LogP contribution in [0, 0.1) is 16.7 Å². The van der Waals surface area contributed by atoms with E-state index in [2.05, 4.69) is 44.9 Å². The van der Waals surface area contributed by atoms with E-state index in [-0.39, 0.29) is 11.9 Å². The fourth-order valence-electron chi connectivity index (χ4n) is 4.23. The van der Waals surface area contributed by atoms with Crippen LogP contribution in [0.1, 0.15) is 70.8 Å². The van der Waals surface area contributed by atoms with Crippen molar-refractivity contribution in [2.45, 2.75) is 66.3 Å². The van der Waals surface area contributed by atoms with Gasteiger partial charge in [-0.2, -0.15) is 0 Å². The summed E-state index contributed by atoms with van der Waals surface area (Å²) in [6.45, 7) is 11.8. The predicted octanol–water partition coefficient (Wildman–Crippen LogP) is 4.44. The molecule has 2 rings (SSSR count). The molecule has 1 aliphatic rings. The lowest BCUT2D eigenvalue weighted by Crippen LogP contribution is -2.47. The monoisotopic (exact) mass is 302 g/mol. The second-order valence-corrected chi connectivity index (χ2v) is 8.02. The smallest absolute Gasteiger partial charge is 0.270 e. The van der Waals surface area contributed by atoms with Gasteiger partial charge in [0.15, 0.2) is 0 Å². The van der Waals surface area contributed by atoms with Crippen molar-refractivity contribution < 1.29 is 4.79 Å². The minimum Gasteiger partial charge on any atom is -0.348 e. The summed E-state index contributed by atoms with van der Waals surface area (Å²) in [7, 11) is 0. The standard InChI is InChI=1S/C19H30N2O/c1-14(2)19(18(3,4)5)11-9-15(10-12-19)21-17(22)16-8-6-7-13-20-16/h6-8,13-15H,9-12H2,1-5H3,(H,21,22). The highest BCUT2D eigenvalue weighted by atomic mass is 16.1. The summed E-state index contributed by atoms with van der Waals surface area (Å²) >= 11 is 0. The highest BCUT2D eigenvalue weighted by molar-refractivity contribution is 5.92. The molecule has 3 nitrogen and oxygen atoms in total. The van der Waals surface area contributed by atoms with Gasteiger partial charge in [0.25, 0.3) is 5.91 Å². The highest BCUT2D eigenvalue weighted by Crippen LogP contribution is 2.54. The molecule has 1 heterocycles. The third-order valence-electron chi connectivity index (χ3n) is 5.71. The van der Waals surface area contributed by atoms with Gasteiger partial charge in [-0.25, -0.2) is 0 Å². The van der Waals surface area contributed by atoms with Crippen LogP contribution in [0.3, 0.4) is 0 Å². The number of hydrogen-bond acceptors (Lipinski definition) is 2. The quantitative estimate of drug-likeness (QED) is 0.896. The molecule has 0 aliphatic heterocycles.